The van der Waals surface area contributed by atoms with Gasteiger partial charge in [-0.1, -0.05) is 322 Å². The molecule has 0 aromatic heterocycles. The molecular weight excluding hydrogens is 1810 g/mol. The first-order chi connectivity index (χ1) is 60.2. The largest absolute Gasteiger partial charge is 0.507 e. The molecule has 9 rings (SSSR count). The molecule has 0 amide bonds. The van der Waals surface area contributed by atoms with Crippen LogP contribution in [0.1, 0.15) is 414 Å². The van der Waals surface area contributed by atoms with Gasteiger partial charge in [0.15, 0.2) is 0 Å². The summed E-state index contributed by atoms with van der Waals surface area (Å²) in [7, 11) is 0. The van der Waals surface area contributed by atoms with Gasteiger partial charge in [-0.2, -0.15) is 0 Å². The Morgan fingerprint density at radius 2 is 0.338 bits per heavy atom. The van der Waals surface area contributed by atoms with Gasteiger partial charge in [0.05, 0.1) is 34.1 Å². The first-order valence-electron chi connectivity index (χ1n) is 48.0. The molecule has 9 aromatic rings. The number of hydrogen-bond donors (Lipinski definition) is 6. The van der Waals surface area contributed by atoms with Gasteiger partial charge in [-0.05, 0) is 235 Å². The van der Waals surface area contributed by atoms with E-state index in [0.717, 1.165) is 120 Å². The molecular formula is C121H173Co3N6O6-3. The Morgan fingerprint density at radius 3 is 0.478 bits per heavy atom. The zero-order valence-electron chi connectivity index (χ0n) is 90.8. The Bertz CT molecular complexity index is 5240. The summed E-state index contributed by atoms with van der Waals surface area (Å²) < 4.78 is 0. The minimum absolute atomic E-state index is 0. The molecule has 12 nitrogen and oxygen atoms in total. The molecule has 0 heterocycles. The van der Waals surface area contributed by atoms with E-state index in [4.69, 9.17) is 30.0 Å². The fourth-order valence-corrected chi connectivity index (χ4v) is 16.8. The minimum atomic E-state index is -0.217. The number of nitrogens with zero attached hydrogens (tertiary/aromatic N) is 6. The van der Waals surface area contributed by atoms with Crippen molar-refractivity contribution in [1.82, 2.24) is 0 Å². The molecule has 136 heavy (non-hydrogen) atoms. The van der Waals surface area contributed by atoms with E-state index in [1.54, 1.807) is 37.3 Å². The maximum absolute atomic E-state index is 11.6. The van der Waals surface area contributed by atoms with Gasteiger partial charge < -0.3 is 52.9 Å². The van der Waals surface area contributed by atoms with Crippen molar-refractivity contribution in [2.45, 2.75) is 378 Å². The summed E-state index contributed by atoms with van der Waals surface area (Å²) in [6.45, 7) is 78.5. The zero-order valence-corrected chi connectivity index (χ0v) is 93.9. The van der Waals surface area contributed by atoms with E-state index in [1.165, 1.54) is 22.3 Å². The van der Waals surface area contributed by atoms with Gasteiger partial charge in [0.25, 0.3) is 0 Å². The van der Waals surface area contributed by atoms with Crippen molar-refractivity contribution in [3.05, 3.63) is 268 Å². The zero-order chi connectivity index (χ0) is 97.8. The SMILES string of the molecule is CC(C)(C)c1cc(C=Nc2ccccc2N=Cc2cc(C(C)(C)C)cc(C(C)(C)C)c2O)c(O)c(C(C)(C)C)c1.CCC(C)(CC)c1cc(C(C)(C)C)cc(C=Nc2ccccc2N=Cc2cc(C(C)(C)C)cc(C(C)(CC)CC)c2O)c1O.CCC(CC)(CC)c1cc(C(C)(C)C)cc(C=Nc2ccccc2N=Cc2cc(C(C)(C)C)cc(C(CC)(CC)CC)c2O)c1O.[CH3-].[CH3-].[CH3-].[Co].[Co].[Co]. The van der Waals surface area contributed by atoms with Crippen molar-refractivity contribution in [2.75, 3.05) is 0 Å². The van der Waals surface area contributed by atoms with Crippen molar-refractivity contribution in [3.63, 3.8) is 0 Å². The molecule has 0 saturated heterocycles. The van der Waals surface area contributed by atoms with Crippen LogP contribution < -0.4 is 0 Å². The molecule has 9 aromatic carbocycles. The molecule has 0 atom stereocenters. The van der Waals surface area contributed by atoms with Gasteiger partial charge in [-0.25, -0.2) is 0 Å². The van der Waals surface area contributed by atoms with Crippen LogP contribution in [0.2, 0.25) is 0 Å². The van der Waals surface area contributed by atoms with Crippen molar-refractivity contribution in [2.24, 2.45) is 30.0 Å². The predicted molar refractivity (Wildman–Crippen MR) is 581 cm³/mol. The Kier molecular flexibility index (Phi) is 46.0. The predicted octanol–water partition coefficient (Wildman–Crippen LogP) is 34.6. The van der Waals surface area contributed by atoms with E-state index in [1.807, 2.05) is 84.9 Å². The van der Waals surface area contributed by atoms with Crippen LogP contribution in [0, 0.1) is 22.3 Å². The monoisotopic (exact) mass is 1980 g/mol. The number of hydrogen-bond acceptors (Lipinski definition) is 12. The molecule has 0 aliphatic rings. The van der Waals surface area contributed by atoms with Crippen LogP contribution in [0.15, 0.2) is 176 Å². The number of rotatable bonds is 26. The van der Waals surface area contributed by atoms with E-state index in [-0.39, 0.29) is 149 Å². The number of aliphatic imine (C=N–C) groups is 6. The van der Waals surface area contributed by atoms with Crippen LogP contribution >= 0.6 is 0 Å². The molecule has 0 saturated carbocycles. The standard InChI is InChI=1S/C42H60N2O2.C40H56N2O2.C36H48N2O2.3CH3.3Co/c1-13-41(14-2,15-3)33-25-31(39(7,8)9)23-29(37(33)45)27-43-35-21-19-20-22-36(35)44-28-30-24-32(40(10,11)12)26-34(38(30)46)42(16-4,17-5)18-6;1-13-39(11,14-2)31-23-29(37(5,6)7)21-27(35(31)43)25-41-33-19-17-18-20-34(33)42-26-28-22-30(38(8,9)10)24-32(36(28)44)40(12,15-3)16-4;1-33(2,3)25-17-23(31(39)27(19-25)35(7,8)9)21-37-29-15-13-14-16-30(29)38-22-24-18-26(34(4,5)6)20-28(32(24)40)36(10,11)12;;;;;;/h19-28,45-46H,13-18H2,1-12H3;17-26,43-44H,13-16H2,1-12H3;13-22,39-40H,1-12H3;3*1H3;;;/q;;;3*-1;;;. The quantitative estimate of drug-likeness (QED) is 0.0230. The average molecular weight is 1980 g/mol. The number of phenolic OH excluding ortho intramolecular Hbond substituents is 6. The third kappa shape index (κ3) is 30.4. The second kappa shape index (κ2) is 49.9. The van der Waals surface area contributed by atoms with Crippen molar-refractivity contribution in [3.8, 4) is 34.5 Å². The second-order valence-electron chi connectivity index (χ2n) is 45.0. The number of benzene rings is 9. The van der Waals surface area contributed by atoms with E-state index < -0.39 is 0 Å². The molecule has 0 bridgehead atoms. The fourth-order valence-electron chi connectivity index (χ4n) is 16.8. The molecule has 753 valence electrons. The van der Waals surface area contributed by atoms with Gasteiger partial charge in [0, 0.05) is 154 Å². The molecule has 3 radical (unpaired) electrons. The molecule has 0 aliphatic carbocycles. The van der Waals surface area contributed by atoms with Gasteiger partial charge in [-0.3, -0.25) is 30.0 Å². The summed E-state index contributed by atoms with van der Waals surface area (Å²) in [6.07, 6.45) is 20.0. The third-order valence-electron chi connectivity index (χ3n) is 28.0. The molecule has 15 heteroatoms. The summed E-state index contributed by atoms with van der Waals surface area (Å²) in [5, 5.41) is 68.6. The summed E-state index contributed by atoms with van der Waals surface area (Å²) >= 11 is 0. The second-order valence-corrected chi connectivity index (χ2v) is 45.0. The first kappa shape index (κ1) is 125. The maximum atomic E-state index is 11.6. The van der Waals surface area contributed by atoms with Crippen molar-refractivity contribution >= 4 is 71.4 Å². The fraction of sp³-hybridized carbons (Fsp3) is 0.479. The molecule has 6 N–H and O–H groups in total. The Labute approximate surface area is 856 Å². The van der Waals surface area contributed by atoms with Crippen LogP contribution in [-0.4, -0.2) is 67.9 Å². The van der Waals surface area contributed by atoms with Gasteiger partial charge in [0.1, 0.15) is 34.5 Å². The summed E-state index contributed by atoms with van der Waals surface area (Å²) in [4.78, 5) is 29.0. The number of aromatic hydroxyl groups is 6. The van der Waals surface area contributed by atoms with Gasteiger partial charge in [-0.15, -0.1) is 0 Å². The summed E-state index contributed by atoms with van der Waals surface area (Å²) in [6, 6.07) is 48.4. The third-order valence-corrected chi connectivity index (χ3v) is 28.0. The topological polar surface area (TPSA) is 196 Å². The van der Waals surface area contributed by atoms with E-state index in [9.17, 15) is 30.6 Å². The van der Waals surface area contributed by atoms with Crippen LogP contribution in [0.3, 0.4) is 0 Å². The molecule has 0 spiro atoms. The molecule has 0 fully saturated rings. The van der Waals surface area contributed by atoms with Crippen LogP contribution in [0.4, 0.5) is 34.1 Å². The minimum Gasteiger partial charge on any atom is -0.507 e. The average Bonchev–Trinajstić information content (AvgIpc) is 0.775. The Balaban J connectivity index is 0.00000100. The van der Waals surface area contributed by atoms with Crippen molar-refractivity contribution in [1.29, 1.82) is 0 Å². The van der Waals surface area contributed by atoms with Gasteiger partial charge in [0.2, 0.25) is 0 Å². The summed E-state index contributed by atoms with van der Waals surface area (Å²) in [5.41, 5.74) is 19.7. The summed E-state index contributed by atoms with van der Waals surface area (Å²) in [5.74, 6) is 1.71. The maximum Gasteiger partial charge on any atom is 0.128 e. The van der Waals surface area contributed by atoms with E-state index >= 15 is 0 Å². The van der Waals surface area contributed by atoms with Crippen LogP contribution in [0.25, 0.3) is 0 Å². The van der Waals surface area contributed by atoms with Gasteiger partial charge >= 0.3 is 0 Å². The number of phenols is 6. The molecule has 0 aliphatic heterocycles. The first-order valence-corrected chi connectivity index (χ1v) is 48.0. The van der Waals surface area contributed by atoms with E-state index in [2.05, 4.69) is 310 Å². The smallest absolute Gasteiger partial charge is 0.128 e. The number of para-hydroxylation sites is 6. The Morgan fingerprint density at radius 1 is 0.199 bits per heavy atom. The normalized spacial score (nSPS) is 12.8. The molecule has 0 unspecified atom stereocenters. The van der Waals surface area contributed by atoms with Crippen LogP contribution in [0.5, 0.6) is 34.5 Å². The van der Waals surface area contributed by atoms with Crippen LogP contribution in [-0.2, 0) is 115 Å². The van der Waals surface area contributed by atoms with Crippen molar-refractivity contribution < 1.29 is 81.0 Å². The van der Waals surface area contributed by atoms with E-state index in [0.29, 0.717) is 79.4 Å². The Hall–Kier alpha value is -8.68.